The van der Waals surface area contributed by atoms with Crippen LogP contribution in [0.1, 0.15) is 16.2 Å². The van der Waals surface area contributed by atoms with Crippen molar-refractivity contribution in [3.63, 3.8) is 0 Å². The summed E-state index contributed by atoms with van der Waals surface area (Å²) < 4.78 is 24.7. The Bertz CT molecular complexity index is 991. The Hall–Kier alpha value is -2.13. The molecule has 7 nitrogen and oxygen atoms in total. The van der Waals surface area contributed by atoms with Crippen LogP contribution in [0.4, 0.5) is 0 Å². The number of fused-ring (bicyclic) bond motifs is 1. The van der Waals surface area contributed by atoms with Gasteiger partial charge in [-0.25, -0.2) is 13.4 Å². The summed E-state index contributed by atoms with van der Waals surface area (Å²) in [6.07, 6.45) is 3.69. The molecule has 120 valence electrons. The highest BCUT2D eigenvalue weighted by Crippen LogP contribution is 2.17. The zero-order chi connectivity index (χ0) is 16.6. The number of hydrogen-bond donors (Lipinski definition) is 2. The van der Waals surface area contributed by atoms with Crippen molar-refractivity contribution in [1.82, 2.24) is 19.3 Å². The van der Waals surface area contributed by atoms with E-state index in [-0.39, 0.29) is 18.0 Å². The smallest absolute Gasteiger partial charge is 0.253 e. The molecule has 0 saturated heterocycles. The van der Waals surface area contributed by atoms with Crippen molar-refractivity contribution < 1.29 is 13.2 Å². The predicted molar refractivity (Wildman–Crippen MR) is 89.6 cm³/mol. The highest BCUT2D eigenvalue weighted by molar-refractivity contribution is 9.10. The molecule has 0 aliphatic heterocycles. The molecule has 2 heterocycles. The molecule has 1 amide bonds. The third-order valence-corrected chi connectivity index (χ3v) is 4.71. The summed E-state index contributed by atoms with van der Waals surface area (Å²) in [5.41, 5.74) is 1.95. The quantitative estimate of drug-likeness (QED) is 0.703. The minimum Gasteiger partial charge on any atom is -0.345 e. The van der Waals surface area contributed by atoms with Gasteiger partial charge in [0, 0.05) is 16.9 Å². The monoisotopic (exact) mass is 396 g/mol. The average molecular weight is 397 g/mol. The summed E-state index contributed by atoms with van der Waals surface area (Å²) in [4.78, 5) is 19.5. The SMILES string of the molecule is CS(=O)(=O)n1ccc(C(=O)NCc2nc3ccc(Br)cc3[nH]2)c1. The van der Waals surface area contributed by atoms with E-state index in [9.17, 15) is 13.2 Å². The van der Waals surface area contributed by atoms with Crippen LogP contribution < -0.4 is 5.32 Å². The number of nitrogens with one attached hydrogen (secondary N) is 2. The van der Waals surface area contributed by atoms with E-state index in [1.165, 1.54) is 18.5 Å². The van der Waals surface area contributed by atoms with Gasteiger partial charge < -0.3 is 10.3 Å². The van der Waals surface area contributed by atoms with Gasteiger partial charge in [0.2, 0.25) is 10.0 Å². The number of aromatic amines is 1. The number of benzene rings is 1. The van der Waals surface area contributed by atoms with E-state index in [4.69, 9.17) is 0 Å². The third kappa shape index (κ3) is 3.45. The van der Waals surface area contributed by atoms with Crippen LogP contribution in [-0.4, -0.2) is 34.5 Å². The minimum atomic E-state index is -3.39. The summed E-state index contributed by atoms with van der Waals surface area (Å²) in [6, 6.07) is 7.11. The number of amides is 1. The highest BCUT2D eigenvalue weighted by Gasteiger charge is 2.12. The average Bonchev–Trinajstić information content (AvgIpc) is 3.10. The number of imidazole rings is 1. The van der Waals surface area contributed by atoms with Gasteiger partial charge in [-0.05, 0) is 24.3 Å². The van der Waals surface area contributed by atoms with Crippen molar-refractivity contribution in [2.45, 2.75) is 6.54 Å². The van der Waals surface area contributed by atoms with E-state index in [0.717, 1.165) is 25.7 Å². The lowest BCUT2D eigenvalue weighted by atomic mass is 10.3. The van der Waals surface area contributed by atoms with Gasteiger partial charge in [-0.15, -0.1) is 0 Å². The van der Waals surface area contributed by atoms with E-state index in [1.807, 2.05) is 18.2 Å². The van der Waals surface area contributed by atoms with E-state index in [2.05, 4.69) is 31.2 Å². The van der Waals surface area contributed by atoms with E-state index in [0.29, 0.717) is 5.82 Å². The molecule has 1 aromatic carbocycles. The summed E-state index contributed by atoms with van der Waals surface area (Å²) in [6.45, 7) is 0.217. The molecule has 2 N–H and O–H groups in total. The normalized spacial score (nSPS) is 11.7. The van der Waals surface area contributed by atoms with Gasteiger partial charge in [0.1, 0.15) is 5.82 Å². The summed E-state index contributed by atoms with van der Waals surface area (Å²) in [5.74, 6) is 0.253. The Labute approximate surface area is 140 Å². The second-order valence-electron chi connectivity index (χ2n) is 5.02. The number of hydrogen-bond acceptors (Lipinski definition) is 4. The zero-order valence-corrected chi connectivity index (χ0v) is 14.5. The molecule has 0 bridgehead atoms. The second-order valence-corrected chi connectivity index (χ2v) is 7.82. The summed E-state index contributed by atoms with van der Waals surface area (Å²) in [7, 11) is -3.39. The standard InChI is InChI=1S/C14H13BrN4O3S/c1-23(21,22)19-5-4-9(8-19)14(20)16-7-13-17-11-3-2-10(15)6-12(11)18-13/h2-6,8H,7H2,1H3,(H,16,20)(H,17,18). The van der Waals surface area contributed by atoms with Crippen LogP contribution in [0, 0.1) is 0 Å². The Balaban J connectivity index is 1.71. The lowest BCUT2D eigenvalue weighted by Gasteiger charge is -2.01. The molecule has 23 heavy (non-hydrogen) atoms. The molecule has 0 saturated carbocycles. The predicted octanol–water partition coefficient (Wildman–Crippen LogP) is 1.86. The lowest BCUT2D eigenvalue weighted by Crippen LogP contribution is -2.23. The Morgan fingerprint density at radius 3 is 2.87 bits per heavy atom. The first-order valence-corrected chi connectivity index (χ1v) is 9.28. The van der Waals surface area contributed by atoms with Crippen LogP contribution >= 0.6 is 15.9 Å². The first-order valence-electron chi connectivity index (χ1n) is 6.64. The maximum absolute atomic E-state index is 12.1. The second kappa shape index (κ2) is 5.82. The molecule has 0 unspecified atom stereocenters. The third-order valence-electron chi connectivity index (χ3n) is 3.22. The molecule has 2 aromatic heterocycles. The number of H-pyrrole nitrogens is 1. The summed E-state index contributed by atoms with van der Waals surface area (Å²) >= 11 is 3.38. The number of aromatic nitrogens is 3. The van der Waals surface area contributed by atoms with Crippen molar-refractivity contribution in [2.75, 3.05) is 6.26 Å². The molecule has 0 fully saturated rings. The molecular weight excluding hydrogens is 384 g/mol. The zero-order valence-electron chi connectivity index (χ0n) is 12.1. The van der Waals surface area contributed by atoms with Gasteiger partial charge in [-0.1, -0.05) is 15.9 Å². The number of carbonyl (C=O) groups excluding carboxylic acids is 1. The van der Waals surface area contributed by atoms with E-state index < -0.39 is 10.0 Å². The molecule has 3 aromatic rings. The van der Waals surface area contributed by atoms with Crippen molar-refractivity contribution >= 4 is 42.9 Å². The summed E-state index contributed by atoms with van der Waals surface area (Å²) in [5, 5.41) is 2.70. The van der Waals surface area contributed by atoms with Gasteiger partial charge >= 0.3 is 0 Å². The highest BCUT2D eigenvalue weighted by atomic mass is 79.9. The van der Waals surface area contributed by atoms with Gasteiger partial charge in [-0.3, -0.25) is 8.77 Å². The first-order chi connectivity index (χ1) is 10.8. The first kappa shape index (κ1) is 15.8. The molecule has 0 aliphatic carbocycles. The van der Waals surface area contributed by atoms with Crippen LogP contribution in [0.15, 0.2) is 41.1 Å². The Kier molecular flexibility index (Phi) is 3.99. The largest absolute Gasteiger partial charge is 0.345 e. The molecular formula is C14H13BrN4O3S. The van der Waals surface area contributed by atoms with Crippen LogP contribution in [-0.2, 0) is 16.6 Å². The van der Waals surface area contributed by atoms with Crippen molar-refractivity contribution in [1.29, 1.82) is 0 Å². The van der Waals surface area contributed by atoms with Gasteiger partial charge in [0.05, 0.1) is 29.4 Å². The molecule has 0 aliphatic rings. The van der Waals surface area contributed by atoms with E-state index >= 15 is 0 Å². The van der Waals surface area contributed by atoms with Crippen LogP contribution in [0.2, 0.25) is 0 Å². The van der Waals surface area contributed by atoms with Crippen LogP contribution in [0.3, 0.4) is 0 Å². The molecule has 0 spiro atoms. The minimum absolute atomic E-state index is 0.217. The Morgan fingerprint density at radius 2 is 2.17 bits per heavy atom. The lowest BCUT2D eigenvalue weighted by molar-refractivity contribution is 0.0950. The maximum Gasteiger partial charge on any atom is 0.253 e. The fourth-order valence-electron chi connectivity index (χ4n) is 2.10. The van der Waals surface area contributed by atoms with E-state index in [1.54, 1.807) is 0 Å². The van der Waals surface area contributed by atoms with Gasteiger partial charge in [0.25, 0.3) is 5.91 Å². The Morgan fingerprint density at radius 1 is 1.39 bits per heavy atom. The van der Waals surface area contributed by atoms with Crippen molar-refractivity contribution in [2.24, 2.45) is 0 Å². The van der Waals surface area contributed by atoms with Gasteiger partial charge in [-0.2, -0.15) is 0 Å². The number of carbonyl (C=O) groups is 1. The molecule has 3 rings (SSSR count). The number of nitrogens with zero attached hydrogens (tertiary/aromatic N) is 2. The number of halogens is 1. The van der Waals surface area contributed by atoms with Crippen LogP contribution in [0.5, 0.6) is 0 Å². The van der Waals surface area contributed by atoms with Crippen molar-refractivity contribution in [3.05, 3.63) is 52.5 Å². The molecule has 0 radical (unpaired) electrons. The fraction of sp³-hybridized carbons (Fsp3) is 0.143. The number of rotatable bonds is 4. The fourth-order valence-corrected chi connectivity index (χ4v) is 3.05. The van der Waals surface area contributed by atoms with Crippen LogP contribution in [0.25, 0.3) is 11.0 Å². The molecule has 0 atom stereocenters. The molecule has 9 heteroatoms. The maximum atomic E-state index is 12.1. The van der Waals surface area contributed by atoms with Gasteiger partial charge in [0.15, 0.2) is 0 Å². The topological polar surface area (TPSA) is 96.8 Å². The van der Waals surface area contributed by atoms with Crippen molar-refractivity contribution in [3.8, 4) is 0 Å².